The summed E-state index contributed by atoms with van der Waals surface area (Å²) in [6.07, 6.45) is -7.54. The van der Waals surface area contributed by atoms with E-state index in [4.69, 9.17) is 28.4 Å². The van der Waals surface area contributed by atoms with Crippen molar-refractivity contribution in [1.29, 1.82) is 0 Å². The summed E-state index contributed by atoms with van der Waals surface area (Å²) < 4.78 is 37.9. The summed E-state index contributed by atoms with van der Waals surface area (Å²) in [7, 11) is 0. The highest BCUT2D eigenvalue weighted by Crippen LogP contribution is 2.71. The fourth-order valence-corrected chi connectivity index (χ4v) is 13.3. The van der Waals surface area contributed by atoms with Crippen LogP contribution >= 0.6 is 0 Å². The lowest BCUT2D eigenvalue weighted by atomic mass is 9.43. The van der Waals surface area contributed by atoms with Gasteiger partial charge >= 0.3 is 0 Å². The highest BCUT2D eigenvalue weighted by atomic mass is 16.7. The van der Waals surface area contributed by atoms with E-state index in [0.29, 0.717) is 37.2 Å². The summed E-state index contributed by atoms with van der Waals surface area (Å²) in [6.45, 7) is 12.9. The maximum atomic E-state index is 11.7. The molecule has 0 aromatic carbocycles. The number of aliphatic hydroxyl groups excluding tert-OH is 7. The standard InChI is InChI=1S/C39H64O13/c1-16-11-27(41)39(47-15-16)17(2)28-26(52-39)14-23-21-13-25(24-12-20(40)7-9-37(24,5)22(21)8-10-38(23,28)6)50-36-33(46)34(30(43)19(4)49-36)51-35-32(45)31(44)29(42)18(3)48-35/h16-36,40-46H,7-15H2,1-6H3/t16-,17+,18+,19-,20+,21-,22+,23+,24-,25+,26+,27+,28+,29+,30-,31-,32-,33-,34+,35+,36+,37-,38+,39+/m1/s1. The van der Waals surface area contributed by atoms with E-state index >= 15 is 0 Å². The number of fused-ring (bicyclic) bond motifs is 7. The average molecular weight is 741 g/mol. The molecule has 8 aliphatic rings. The molecule has 13 heteroatoms. The van der Waals surface area contributed by atoms with Crippen molar-refractivity contribution in [2.24, 2.45) is 52.3 Å². The topological polar surface area (TPSA) is 197 Å². The van der Waals surface area contributed by atoms with Crippen LogP contribution in [0.4, 0.5) is 0 Å². The van der Waals surface area contributed by atoms with E-state index in [-0.39, 0.29) is 46.7 Å². The van der Waals surface area contributed by atoms with Crippen LogP contribution in [-0.2, 0) is 28.4 Å². The predicted molar refractivity (Wildman–Crippen MR) is 183 cm³/mol. The van der Waals surface area contributed by atoms with Crippen molar-refractivity contribution in [3.8, 4) is 0 Å². The van der Waals surface area contributed by atoms with Crippen LogP contribution in [0.1, 0.15) is 92.9 Å². The van der Waals surface area contributed by atoms with Gasteiger partial charge in [-0.15, -0.1) is 0 Å². The SMILES string of the molecule is C[C@H]1CO[C@@]2(O[C@H]3C[C@H]4[C@@H]5C[C@H](O[C@@H]6O[C@H](C)[C@@H](O)[C@H](O[C@@H]7O[C@@H](C)[C@H](O)[C@@H](O)[C@H]7O)[C@H]6O)[C@H]6C[C@@H](O)CC[C@]6(C)[C@H]5CC[C@]4(C)[C@H]3[C@@H]2C)[C@@H](O)C1. The first-order chi connectivity index (χ1) is 24.5. The largest absolute Gasteiger partial charge is 0.393 e. The fraction of sp³-hybridized carbons (Fsp3) is 1.00. The molecule has 4 saturated heterocycles. The molecule has 4 aliphatic carbocycles. The zero-order valence-electron chi connectivity index (χ0n) is 31.6. The van der Waals surface area contributed by atoms with Gasteiger partial charge < -0.3 is 64.2 Å². The maximum absolute atomic E-state index is 11.7. The smallest absolute Gasteiger partial charge is 0.197 e. The monoisotopic (exact) mass is 740 g/mol. The van der Waals surface area contributed by atoms with E-state index in [0.717, 1.165) is 38.5 Å². The molecule has 1 spiro atoms. The van der Waals surface area contributed by atoms with Crippen LogP contribution in [-0.4, -0.2) is 134 Å². The molecular weight excluding hydrogens is 676 g/mol. The average Bonchev–Trinajstić information content (AvgIpc) is 3.55. The Morgan fingerprint density at radius 2 is 1.31 bits per heavy atom. The molecule has 0 amide bonds. The minimum Gasteiger partial charge on any atom is -0.393 e. The Morgan fingerprint density at radius 3 is 2.02 bits per heavy atom. The van der Waals surface area contributed by atoms with Crippen LogP contribution in [0, 0.1) is 52.3 Å². The van der Waals surface area contributed by atoms with E-state index in [2.05, 4.69) is 27.7 Å². The van der Waals surface area contributed by atoms with Gasteiger partial charge in [0, 0.05) is 5.92 Å². The lowest BCUT2D eigenvalue weighted by Crippen LogP contribution is -2.64. The van der Waals surface area contributed by atoms with Crippen molar-refractivity contribution in [3.63, 3.8) is 0 Å². The molecule has 4 aliphatic heterocycles. The second-order valence-electron chi connectivity index (χ2n) is 18.9. The highest BCUT2D eigenvalue weighted by Gasteiger charge is 2.71. The zero-order chi connectivity index (χ0) is 37.2. The number of aliphatic hydroxyl groups is 7. The summed E-state index contributed by atoms with van der Waals surface area (Å²) >= 11 is 0. The third kappa shape index (κ3) is 5.73. The van der Waals surface area contributed by atoms with Crippen LogP contribution in [0.2, 0.25) is 0 Å². The number of ether oxygens (including phenoxy) is 6. The van der Waals surface area contributed by atoms with Crippen LogP contribution in [0.3, 0.4) is 0 Å². The van der Waals surface area contributed by atoms with Gasteiger partial charge in [0.2, 0.25) is 0 Å². The highest BCUT2D eigenvalue weighted by molar-refractivity contribution is 5.17. The third-order valence-corrected chi connectivity index (χ3v) is 16.1. The van der Waals surface area contributed by atoms with Crippen molar-refractivity contribution < 1.29 is 64.2 Å². The van der Waals surface area contributed by atoms with Gasteiger partial charge in [-0.3, -0.25) is 0 Å². The molecular formula is C39H64O13. The Hall–Kier alpha value is -0.520. The number of hydrogen-bond acceptors (Lipinski definition) is 13. The molecule has 0 bridgehead atoms. The Bertz CT molecular complexity index is 1310. The summed E-state index contributed by atoms with van der Waals surface area (Å²) in [5.41, 5.74) is -0.122. The first-order valence-electron chi connectivity index (χ1n) is 20.2. The van der Waals surface area contributed by atoms with Crippen molar-refractivity contribution in [1.82, 2.24) is 0 Å². The normalized spacial score (nSPS) is 61.9. The van der Waals surface area contributed by atoms with Crippen LogP contribution in [0.25, 0.3) is 0 Å². The van der Waals surface area contributed by atoms with Gasteiger partial charge in [-0.25, -0.2) is 0 Å². The molecule has 8 fully saturated rings. The molecule has 52 heavy (non-hydrogen) atoms. The lowest BCUT2D eigenvalue weighted by molar-refractivity contribution is -0.363. The first kappa shape index (κ1) is 38.4. The quantitative estimate of drug-likeness (QED) is 0.205. The molecule has 0 aromatic heterocycles. The van der Waals surface area contributed by atoms with Gasteiger partial charge in [-0.05, 0) is 112 Å². The molecule has 4 saturated carbocycles. The van der Waals surface area contributed by atoms with Crippen LogP contribution < -0.4 is 0 Å². The zero-order valence-corrected chi connectivity index (χ0v) is 31.6. The fourth-order valence-electron chi connectivity index (χ4n) is 13.3. The van der Waals surface area contributed by atoms with Gasteiger partial charge in [-0.2, -0.15) is 0 Å². The van der Waals surface area contributed by atoms with Crippen molar-refractivity contribution in [2.75, 3.05) is 6.61 Å². The molecule has 0 aromatic rings. The van der Waals surface area contributed by atoms with E-state index in [1.165, 1.54) is 0 Å². The molecule has 13 nitrogen and oxygen atoms in total. The van der Waals surface area contributed by atoms with Gasteiger partial charge in [-0.1, -0.05) is 27.7 Å². The van der Waals surface area contributed by atoms with Gasteiger partial charge in [0.15, 0.2) is 18.4 Å². The molecule has 8 rings (SSSR count). The third-order valence-electron chi connectivity index (χ3n) is 16.1. The van der Waals surface area contributed by atoms with Crippen molar-refractivity contribution in [2.45, 2.75) is 185 Å². The molecule has 0 radical (unpaired) electrons. The number of rotatable bonds is 4. The number of hydrogen-bond donors (Lipinski definition) is 7. The van der Waals surface area contributed by atoms with E-state index in [1.807, 2.05) is 0 Å². The van der Waals surface area contributed by atoms with Crippen molar-refractivity contribution in [3.05, 3.63) is 0 Å². The molecule has 0 unspecified atom stereocenters. The van der Waals surface area contributed by atoms with E-state index in [9.17, 15) is 35.7 Å². The van der Waals surface area contributed by atoms with E-state index in [1.54, 1.807) is 13.8 Å². The second kappa shape index (κ2) is 13.6. The Balaban J connectivity index is 1.04. The first-order valence-corrected chi connectivity index (χ1v) is 20.2. The maximum Gasteiger partial charge on any atom is 0.197 e. The molecule has 24 atom stereocenters. The van der Waals surface area contributed by atoms with Crippen molar-refractivity contribution >= 4 is 0 Å². The summed E-state index contributed by atoms with van der Waals surface area (Å²) in [4.78, 5) is 0. The van der Waals surface area contributed by atoms with Crippen LogP contribution in [0.15, 0.2) is 0 Å². The predicted octanol–water partition coefficient (Wildman–Crippen LogP) is 1.44. The lowest BCUT2D eigenvalue weighted by Gasteiger charge is -2.63. The Morgan fingerprint density at radius 1 is 0.635 bits per heavy atom. The Kier molecular flexibility index (Phi) is 10.0. The molecule has 4 heterocycles. The summed E-state index contributed by atoms with van der Waals surface area (Å²) in [6, 6.07) is 0. The van der Waals surface area contributed by atoms with Gasteiger partial charge in [0.1, 0.15) is 42.7 Å². The second-order valence-corrected chi connectivity index (χ2v) is 18.9. The molecule has 7 N–H and O–H groups in total. The minimum atomic E-state index is -1.60. The van der Waals surface area contributed by atoms with E-state index < -0.39 is 79.4 Å². The summed E-state index contributed by atoms with van der Waals surface area (Å²) in [5.74, 6) is 0.760. The van der Waals surface area contributed by atoms with Crippen LogP contribution in [0.5, 0.6) is 0 Å². The van der Waals surface area contributed by atoms with Gasteiger partial charge in [0.05, 0.1) is 37.1 Å². The minimum absolute atomic E-state index is 0.00617. The van der Waals surface area contributed by atoms with Gasteiger partial charge in [0.25, 0.3) is 0 Å². The summed E-state index contributed by atoms with van der Waals surface area (Å²) in [5, 5.41) is 76.3. The Labute approximate surface area is 307 Å². The molecule has 298 valence electrons.